The van der Waals surface area contributed by atoms with Crippen molar-refractivity contribution in [2.45, 2.75) is 65.5 Å². The average Bonchev–Trinajstić information content (AvgIpc) is 2.96. The van der Waals surface area contributed by atoms with E-state index in [4.69, 9.17) is 4.74 Å². The monoisotopic (exact) mass is 511 g/mol. The van der Waals surface area contributed by atoms with Crippen molar-refractivity contribution in [2.75, 3.05) is 20.1 Å². The summed E-state index contributed by atoms with van der Waals surface area (Å²) in [6.07, 6.45) is 1.39. The van der Waals surface area contributed by atoms with Crippen LogP contribution in [0.5, 0.6) is 0 Å². The molecule has 1 rings (SSSR count). The summed E-state index contributed by atoms with van der Waals surface area (Å²) in [4.78, 5) is 20.7. The molecule has 0 fully saturated rings. The maximum atomic E-state index is 11.9. The normalized spacial score (nSPS) is 12.2. The molecule has 7 nitrogen and oxygen atoms in total. The van der Waals surface area contributed by atoms with E-state index in [-0.39, 0.29) is 24.0 Å². The molecule has 27 heavy (non-hydrogen) atoms. The summed E-state index contributed by atoms with van der Waals surface area (Å²) in [6.45, 7) is 12.8. The zero-order valence-corrected chi connectivity index (χ0v) is 20.6. The van der Waals surface area contributed by atoms with Gasteiger partial charge in [0.05, 0.1) is 16.2 Å². The highest BCUT2D eigenvalue weighted by atomic mass is 127. The van der Waals surface area contributed by atoms with Crippen LogP contribution in [0.2, 0.25) is 0 Å². The molecule has 156 valence electrons. The van der Waals surface area contributed by atoms with Gasteiger partial charge in [-0.2, -0.15) is 0 Å². The Bertz CT molecular complexity index is 611. The Kier molecular flexibility index (Phi) is 11.2. The molecule has 0 aliphatic heterocycles. The quantitative estimate of drug-likeness (QED) is 0.297. The van der Waals surface area contributed by atoms with Crippen molar-refractivity contribution in [3.05, 3.63) is 16.1 Å². The summed E-state index contributed by atoms with van der Waals surface area (Å²) in [5.74, 6) is 0.690. The maximum Gasteiger partial charge on any atom is 0.408 e. The highest BCUT2D eigenvalue weighted by molar-refractivity contribution is 14.0. The summed E-state index contributed by atoms with van der Waals surface area (Å²) in [5, 5.41) is 12.6. The molecule has 1 aromatic heterocycles. The highest BCUT2D eigenvalue weighted by Gasteiger charge is 2.24. The Morgan fingerprint density at radius 2 is 1.93 bits per heavy atom. The van der Waals surface area contributed by atoms with Crippen LogP contribution in [0, 0.1) is 0 Å². The number of aromatic nitrogens is 1. The van der Waals surface area contributed by atoms with Gasteiger partial charge in [-0.25, -0.2) is 9.78 Å². The van der Waals surface area contributed by atoms with Gasteiger partial charge in [0.15, 0.2) is 5.96 Å². The first kappa shape index (κ1) is 25.9. The van der Waals surface area contributed by atoms with E-state index >= 15 is 0 Å². The summed E-state index contributed by atoms with van der Waals surface area (Å²) >= 11 is 1.70. The van der Waals surface area contributed by atoms with Crippen LogP contribution in [0.15, 0.2) is 10.4 Å². The second-order valence-corrected chi connectivity index (χ2v) is 8.64. The van der Waals surface area contributed by atoms with Gasteiger partial charge < -0.3 is 20.7 Å². The minimum atomic E-state index is -0.515. The third-order valence-corrected chi connectivity index (χ3v) is 4.38. The molecule has 1 amide bonds. The third-order valence-electron chi connectivity index (χ3n) is 3.34. The summed E-state index contributed by atoms with van der Waals surface area (Å²) in [7, 11) is 1.72. The number of rotatable bonds is 7. The zero-order chi connectivity index (χ0) is 19.8. The SMILES string of the molecule is CCc1nc(CCNC(=NC)NCC(C)(C)NC(=O)OC(C)(C)C)cs1.I. The van der Waals surface area contributed by atoms with Crippen molar-refractivity contribution >= 4 is 47.4 Å². The Morgan fingerprint density at radius 1 is 1.26 bits per heavy atom. The number of aryl methyl sites for hydroxylation is 1. The molecule has 0 radical (unpaired) electrons. The van der Waals surface area contributed by atoms with Crippen LogP contribution in [0.4, 0.5) is 4.79 Å². The number of alkyl carbamates (subject to hydrolysis) is 1. The van der Waals surface area contributed by atoms with Gasteiger partial charge >= 0.3 is 6.09 Å². The predicted molar refractivity (Wildman–Crippen MR) is 123 cm³/mol. The summed E-state index contributed by atoms with van der Waals surface area (Å²) in [6, 6.07) is 0. The molecule has 0 atom stereocenters. The molecule has 0 aliphatic rings. The first-order chi connectivity index (χ1) is 12.0. The number of hydrogen-bond donors (Lipinski definition) is 3. The fourth-order valence-electron chi connectivity index (χ4n) is 2.08. The number of halogens is 1. The van der Waals surface area contributed by atoms with Crippen LogP contribution in [0.1, 0.15) is 52.2 Å². The summed E-state index contributed by atoms with van der Waals surface area (Å²) in [5.41, 5.74) is 0.102. The van der Waals surface area contributed by atoms with E-state index in [0.717, 1.165) is 30.1 Å². The van der Waals surface area contributed by atoms with Gasteiger partial charge in [-0.3, -0.25) is 4.99 Å². The van der Waals surface area contributed by atoms with Crippen molar-refractivity contribution in [1.29, 1.82) is 0 Å². The van der Waals surface area contributed by atoms with Crippen LogP contribution in [-0.4, -0.2) is 48.3 Å². The summed E-state index contributed by atoms with van der Waals surface area (Å²) < 4.78 is 5.30. The molecule has 0 saturated carbocycles. The molecule has 1 aromatic rings. The molecule has 0 aromatic carbocycles. The molecule has 0 spiro atoms. The molecular weight excluding hydrogens is 477 g/mol. The Morgan fingerprint density at radius 3 is 2.44 bits per heavy atom. The number of ether oxygens (including phenoxy) is 1. The van der Waals surface area contributed by atoms with Crippen molar-refractivity contribution < 1.29 is 9.53 Å². The smallest absolute Gasteiger partial charge is 0.408 e. The molecule has 0 aliphatic carbocycles. The number of carbonyl (C=O) groups excluding carboxylic acids is 1. The number of guanidine groups is 1. The van der Waals surface area contributed by atoms with Crippen molar-refractivity contribution in [3.63, 3.8) is 0 Å². The van der Waals surface area contributed by atoms with Crippen LogP contribution in [-0.2, 0) is 17.6 Å². The molecule has 0 saturated heterocycles. The molecule has 1 heterocycles. The van der Waals surface area contributed by atoms with E-state index in [1.54, 1.807) is 18.4 Å². The van der Waals surface area contributed by atoms with Gasteiger partial charge in [0.25, 0.3) is 0 Å². The molecule has 3 N–H and O–H groups in total. The Labute approximate surface area is 184 Å². The van der Waals surface area contributed by atoms with E-state index in [9.17, 15) is 4.79 Å². The number of nitrogens with zero attached hydrogens (tertiary/aromatic N) is 2. The van der Waals surface area contributed by atoms with Crippen molar-refractivity contribution in [3.8, 4) is 0 Å². The van der Waals surface area contributed by atoms with Crippen molar-refractivity contribution in [2.24, 2.45) is 4.99 Å². The first-order valence-corrected chi connectivity index (χ1v) is 9.81. The highest BCUT2D eigenvalue weighted by Crippen LogP contribution is 2.10. The first-order valence-electron chi connectivity index (χ1n) is 8.93. The zero-order valence-electron chi connectivity index (χ0n) is 17.4. The van der Waals surface area contributed by atoms with E-state index in [0.29, 0.717) is 12.5 Å². The van der Waals surface area contributed by atoms with E-state index < -0.39 is 17.2 Å². The van der Waals surface area contributed by atoms with Gasteiger partial charge in [-0.15, -0.1) is 35.3 Å². The molecular formula is C18H34IN5O2S. The Hall–Kier alpha value is -1.10. The number of thiazole rings is 1. The van der Waals surface area contributed by atoms with E-state index in [1.807, 2.05) is 34.6 Å². The predicted octanol–water partition coefficient (Wildman–Crippen LogP) is 3.33. The lowest BCUT2D eigenvalue weighted by Crippen LogP contribution is -2.54. The largest absolute Gasteiger partial charge is 0.444 e. The number of hydrogen-bond acceptors (Lipinski definition) is 5. The lowest BCUT2D eigenvalue weighted by molar-refractivity contribution is 0.0474. The van der Waals surface area contributed by atoms with Crippen molar-refractivity contribution in [1.82, 2.24) is 20.9 Å². The lowest BCUT2D eigenvalue weighted by atomic mass is 10.1. The number of nitrogens with one attached hydrogen (secondary N) is 3. The van der Waals surface area contributed by atoms with E-state index in [1.165, 1.54) is 0 Å². The fourth-order valence-corrected chi connectivity index (χ4v) is 2.86. The second-order valence-electron chi connectivity index (χ2n) is 7.70. The second kappa shape index (κ2) is 11.7. The van der Waals surface area contributed by atoms with Crippen LogP contribution < -0.4 is 16.0 Å². The fraction of sp³-hybridized carbons (Fsp3) is 0.722. The Balaban J connectivity index is 0.00000676. The lowest BCUT2D eigenvalue weighted by Gasteiger charge is -2.29. The van der Waals surface area contributed by atoms with Gasteiger partial charge in [0, 0.05) is 31.9 Å². The molecule has 0 bridgehead atoms. The minimum absolute atomic E-state index is 0. The number of amides is 1. The van der Waals surface area contributed by atoms with Crippen LogP contribution in [0.25, 0.3) is 0 Å². The van der Waals surface area contributed by atoms with Gasteiger partial charge in [-0.05, 0) is 41.0 Å². The molecule has 0 unspecified atom stereocenters. The maximum absolute atomic E-state index is 11.9. The van der Waals surface area contributed by atoms with E-state index in [2.05, 4.69) is 38.2 Å². The standard InChI is InChI=1S/C18H33N5O2S.HI/c1-8-14-22-13(11-26-14)9-10-20-15(19-7)21-12-18(5,6)23-16(24)25-17(2,3)4;/h11H,8-10,12H2,1-7H3,(H,23,24)(H2,19,20,21);1H. The topological polar surface area (TPSA) is 87.6 Å². The molecule has 9 heteroatoms. The average molecular weight is 511 g/mol. The third kappa shape index (κ3) is 11.4. The van der Waals surface area contributed by atoms with Gasteiger partial charge in [-0.1, -0.05) is 6.92 Å². The van der Waals surface area contributed by atoms with Gasteiger partial charge in [0.2, 0.25) is 0 Å². The van der Waals surface area contributed by atoms with Crippen LogP contribution in [0.3, 0.4) is 0 Å². The van der Waals surface area contributed by atoms with Gasteiger partial charge in [0.1, 0.15) is 5.60 Å². The number of aliphatic imine (C=N–C) groups is 1. The van der Waals surface area contributed by atoms with Crippen LogP contribution >= 0.6 is 35.3 Å². The number of carbonyl (C=O) groups is 1. The minimum Gasteiger partial charge on any atom is -0.444 e.